The number of hydrogen-bond donors (Lipinski definition) is 4. The van der Waals surface area contributed by atoms with Gasteiger partial charge >= 0.3 is 0 Å². The summed E-state index contributed by atoms with van der Waals surface area (Å²) in [6.07, 6.45) is 0.146. The third-order valence-electron chi connectivity index (χ3n) is 3.24. The van der Waals surface area contributed by atoms with Gasteiger partial charge in [-0.05, 0) is 0 Å². The Morgan fingerprint density at radius 3 is 3.00 bits per heavy atom. The first-order valence-electron chi connectivity index (χ1n) is 5.73. The second-order valence-electron chi connectivity index (χ2n) is 4.37. The lowest BCUT2D eigenvalue weighted by atomic mass is 10.1. The van der Waals surface area contributed by atoms with Crippen LogP contribution in [0.25, 0.3) is 11.2 Å². The molecule has 5 N–H and O–H groups in total. The molecule has 1 fully saturated rings. The van der Waals surface area contributed by atoms with Gasteiger partial charge in [0.25, 0.3) is 5.56 Å². The average Bonchev–Trinajstić information content (AvgIpc) is 2.94. The van der Waals surface area contributed by atoms with Crippen molar-refractivity contribution in [2.24, 2.45) is 5.73 Å². The Kier molecular flexibility index (Phi) is 2.82. The van der Waals surface area contributed by atoms with Gasteiger partial charge in [0.15, 0.2) is 17.4 Å². The predicted octanol–water partition coefficient (Wildman–Crippen LogP) is -2.30. The van der Waals surface area contributed by atoms with E-state index in [1.807, 2.05) is 0 Å². The second-order valence-corrected chi connectivity index (χ2v) is 4.37. The number of aromatic nitrogens is 4. The van der Waals surface area contributed by atoms with Crippen molar-refractivity contribution in [2.45, 2.75) is 24.5 Å². The smallest absolute Gasteiger partial charge is 0.278 e. The highest BCUT2D eigenvalue weighted by atomic mass is 16.5. The number of imidazole rings is 1. The molecule has 0 amide bonds. The van der Waals surface area contributed by atoms with Gasteiger partial charge in [0.05, 0.1) is 25.3 Å². The summed E-state index contributed by atoms with van der Waals surface area (Å²) in [6, 6.07) is -0.740. The Balaban J connectivity index is 2.06. The van der Waals surface area contributed by atoms with E-state index in [1.165, 1.54) is 17.2 Å². The van der Waals surface area contributed by atoms with Crippen molar-refractivity contribution in [3.05, 3.63) is 23.0 Å². The lowest BCUT2D eigenvalue weighted by Gasteiger charge is -2.17. The number of rotatable bonds is 2. The molecule has 3 rings (SSSR count). The third kappa shape index (κ3) is 1.75. The van der Waals surface area contributed by atoms with Gasteiger partial charge in [-0.1, -0.05) is 0 Å². The van der Waals surface area contributed by atoms with Gasteiger partial charge in [0.1, 0.15) is 12.2 Å². The second kappa shape index (κ2) is 4.38. The van der Waals surface area contributed by atoms with E-state index in [-0.39, 0.29) is 17.7 Å². The summed E-state index contributed by atoms with van der Waals surface area (Å²) < 4.78 is 6.95. The van der Waals surface area contributed by atoms with E-state index in [9.17, 15) is 9.90 Å². The molecule has 4 atom stereocenters. The molecular formula is C10H13N5O4. The summed E-state index contributed by atoms with van der Waals surface area (Å²) in [6.45, 7) is -0.341. The van der Waals surface area contributed by atoms with Gasteiger partial charge in [0.2, 0.25) is 0 Å². The number of aromatic amines is 1. The van der Waals surface area contributed by atoms with Crippen molar-refractivity contribution in [3.63, 3.8) is 0 Å². The van der Waals surface area contributed by atoms with E-state index >= 15 is 0 Å². The number of nitrogens with two attached hydrogens (primary N) is 1. The highest BCUT2D eigenvalue weighted by Gasteiger charge is 2.42. The van der Waals surface area contributed by atoms with E-state index in [4.69, 9.17) is 15.6 Å². The van der Waals surface area contributed by atoms with Crippen molar-refractivity contribution in [1.82, 2.24) is 19.5 Å². The lowest BCUT2D eigenvalue weighted by molar-refractivity contribution is -0.0437. The SMILES string of the molecule is NC1[C@H](n2cnc3c(=O)[nH]cnc32)O[C@H](CO)[C@H]1O. The molecule has 9 heteroatoms. The van der Waals surface area contributed by atoms with Gasteiger partial charge in [0, 0.05) is 0 Å². The summed E-state index contributed by atoms with van der Waals surface area (Å²) in [5.74, 6) is 0. The Morgan fingerprint density at radius 2 is 2.32 bits per heavy atom. The Labute approximate surface area is 106 Å². The molecule has 102 valence electrons. The van der Waals surface area contributed by atoms with Crippen molar-refractivity contribution < 1.29 is 14.9 Å². The van der Waals surface area contributed by atoms with Crippen LogP contribution in [0.2, 0.25) is 0 Å². The van der Waals surface area contributed by atoms with Crippen molar-refractivity contribution in [3.8, 4) is 0 Å². The molecule has 0 spiro atoms. The highest BCUT2D eigenvalue weighted by molar-refractivity contribution is 5.68. The van der Waals surface area contributed by atoms with E-state index in [2.05, 4.69) is 15.0 Å². The fourth-order valence-electron chi connectivity index (χ4n) is 2.22. The molecule has 1 aliphatic heterocycles. The minimum Gasteiger partial charge on any atom is -0.394 e. The van der Waals surface area contributed by atoms with Crippen LogP contribution in [0.1, 0.15) is 6.23 Å². The molecule has 0 bridgehead atoms. The zero-order chi connectivity index (χ0) is 13.6. The average molecular weight is 267 g/mol. The van der Waals surface area contributed by atoms with Crippen LogP contribution >= 0.6 is 0 Å². The van der Waals surface area contributed by atoms with Gasteiger partial charge in [-0.15, -0.1) is 0 Å². The quantitative estimate of drug-likeness (QED) is 0.479. The monoisotopic (exact) mass is 267 g/mol. The molecule has 0 saturated carbocycles. The highest BCUT2D eigenvalue weighted by Crippen LogP contribution is 2.29. The Morgan fingerprint density at radius 1 is 1.53 bits per heavy atom. The van der Waals surface area contributed by atoms with E-state index < -0.39 is 24.5 Å². The first kappa shape index (κ1) is 12.2. The summed E-state index contributed by atoms with van der Waals surface area (Å²) in [7, 11) is 0. The molecule has 2 aromatic heterocycles. The summed E-state index contributed by atoms with van der Waals surface area (Å²) in [4.78, 5) is 21.9. The molecule has 1 unspecified atom stereocenters. The minimum atomic E-state index is -0.991. The van der Waals surface area contributed by atoms with Gasteiger partial charge < -0.3 is 25.7 Å². The molecule has 9 nitrogen and oxygen atoms in total. The molecule has 1 aliphatic rings. The topological polar surface area (TPSA) is 139 Å². The predicted molar refractivity (Wildman–Crippen MR) is 63.1 cm³/mol. The Hall–Kier alpha value is -1.81. The zero-order valence-electron chi connectivity index (χ0n) is 9.80. The standard InChI is InChI=1S/C10H13N5O4/c11-5-7(17)4(1-16)19-10(5)15-3-14-6-8(15)12-2-13-9(6)18/h2-5,7,10,16-17H,1,11H2,(H,12,13,18)/t4-,5?,7-,10-/m1/s1. The number of nitrogens with one attached hydrogen (secondary N) is 1. The molecule has 2 aromatic rings. The molecule has 1 saturated heterocycles. The number of nitrogens with zero attached hydrogens (tertiary/aromatic N) is 3. The zero-order valence-corrected chi connectivity index (χ0v) is 9.80. The molecule has 0 radical (unpaired) electrons. The number of ether oxygens (including phenoxy) is 1. The van der Waals surface area contributed by atoms with Crippen LogP contribution in [0.15, 0.2) is 17.4 Å². The molecule has 0 aromatic carbocycles. The molecule has 19 heavy (non-hydrogen) atoms. The third-order valence-corrected chi connectivity index (χ3v) is 3.24. The van der Waals surface area contributed by atoms with Crippen LogP contribution in [0.5, 0.6) is 0 Å². The number of aliphatic hydroxyl groups is 2. The summed E-state index contributed by atoms with van der Waals surface area (Å²) in [5, 5.41) is 18.9. The van der Waals surface area contributed by atoms with Crippen LogP contribution in [-0.2, 0) is 4.74 Å². The summed E-state index contributed by atoms with van der Waals surface area (Å²) >= 11 is 0. The van der Waals surface area contributed by atoms with Crippen molar-refractivity contribution in [1.29, 1.82) is 0 Å². The minimum absolute atomic E-state index is 0.167. The fourth-order valence-corrected chi connectivity index (χ4v) is 2.22. The normalized spacial score (nSPS) is 31.1. The lowest BCUT2D eigenvalue weighted by Crippen LogP contribution is -2.39. The summed E-state index contributed by atoms with van der Waals surface area (Å²) in [5.41, 5.74) is 5.98. The van der Waals surface area contributed by atoms with Gasteiger partial charge in [-0.3, -0.25) is 9.36 Å². The van der Waals surface area contributed by atoms with Crippen LogP contribution in [0.3, 0.4) is 0 Å². The largest absolute Gasteiger partial charge is 0.394 e. The number of fused-ring (bicyclic) bond motifs is 1. The van der Waals surface area contributed by atoms with E-state index in [1.54, 1.807) is 0 Å². The molecule has 3 heterocycles. The van der Waals surface area contributed by atoms with Gasteiger partial charge in [-0.2, -0.15) is 0 Å². The van der Waals surface area contributed by atoms with Crippen LogP contribution in [0, 0.1) is 0 Å². The maximum Gasteiger partial charge on any atom is 0.278 e. The first-order valence-corrected chi connectivity index (χ1v) is 5.73. The van der Waals surface area contributed by atoms with Crippen LogP contribution in [-0.4, -0.2) is 54.6 Å². The Bertz CT molecular complexity index is 653. The maximum absolute atomic E-state index is 11.5. The van der Waals surface area contributed by atoms with Crippen molar-refractivity contribution in [2.75, 3.05) is 6.61 Å². The van der Waals surface area contributed by atoms with Crippen molar-refractivity contribution >= 4 is 11.2 Å². The van der Waals surface area contributed by atoms with E-state index in [0.717, 1.165) is 0 Å². The first-order chi connectivity index (χ1) is 9.13. The van der Waals surface area contributed by atoms with Crippen LogP contribution < -0.4 is 11.3 Å². The molecular weight excluding hydrogens is 254 g/mol. The maximum atomic E-state index is 11.5. The number of H-pyrrole nitrogens is 1. The molecule has 0 aliphatic carbocycles. The fraction of sp³-hybridized carbons (Fsp3) is 0.500. The van der Waals surface area contributed by atoms with E-state index in [0.29, 0.717) is 5.65 Å². The van der Waals surface area contributed by atoms with Gasteiger partial charge in [-0.25, -0.2) is 9.97 Å². The number of hydrogen-bond acceptors (Lipinski definition) is 7. The number of aliphatic hydroxyl groups excluding tert-OH is 2. The van der Waals surface area contributed by atoms with Crippen LogP contribution in [0.4, 0.5) is 0 Å².